The van der Waals surface area contributed by atoms with Crippen LogP contribution in [0.15, 0.2) is 18.2 Å². The van der Waals surface area contributed by atoms with Crippen LogP contribution in [0.1, 0.15) is 76.7 Å². The van der Waals surface area contributed by atoms with Gasteiger partial charge in [0.1, 0.15) is 26.8 Å². The molecule has 4 aliphatic rings. The standard InChI is InChI=1S/C28H42BNO8S/c1-26(2,3)36-25(32)19-11-9-10-17(24(19)35-7)14-22(30-23(31)12-13-39(8,33)34)29-37-21-16-18-15-20(27(18,4)5)28(21,6)38-29/h9-11,18,20-22H,12-16H2,1-8H3,(H,30,31). The topological polar surface area (TPSA) is 117 Å². The molecule has 4 fully saturated rings. The Morgan fingerprint density at radius 2 is 1.90 bits per heavy atom. The predicted molar refractivity (Wildman–Crippen MR) is 148 cm³/mol. The highest BCUT2D eigenvalue weighted by Gasteiger charge is 2.68. The number of ether oxygens (including phenoxy) is 2. The fourth-order valence-electron chi connectivity index (χ4n) is 6.56. The molecular weight excluding hydrogens is 521 g/mol. The second-order valence-electron chi connectivity index (χ2n) is 13.1. The maximum atomic E-state index is 12.9. The van der Waals surface area contributed by atoms with Gasteiger partial charge < -0.3 is 24.1 Å². The van der Waals surface area contributed by atoms with Gasteiger partial charge in [-0.3, -0.25) is 4.79 Å². The average Bonchev–Trinajstić information content (AvgIpc) is 3.17. The van der Waals surface area contributed by atoms with Crippen LogP contribution < -0.4 is 10.1 Å². The van der Waals surface area contributed by atoms with Crippen molar-refractivity contribution in [3.8, 4) is 5.75 Å². The van der Waals surface area contributed by atoms with E-state index in [-0.39, 0.29) is 35.7 Å². The van der Waals surface area contributed by atoms with E-state index >= 15 is 0 Å². The fourth-order valence-corrected chi connectivity index (χ4v) is 7.12. The molecule has 1 amide bonds. The summed E-state index contributed by atoms with van der Waals surface area (Å²) in [5.41, 5.74) is -0.0568. The molecule has 1 aromatic rings. The van der Waals surface area contributed by atoms with Gasteiger partial charge in [-0.05, 0) is 75.8 Å². The monoisotopic (exact) mass is 563 g/mol. The Hall–Kier alpha value is -2.11. The number of sulfone groups is 1. The summed E-state index contributed by atoms with van der Waals surface area (Å²) in [4.78, 5) is 25.8. The van der Waals surface area contributed by atoms with Crippen LogP contribution in [0, 0.1) is 17.3 Å². The van der Waals surface area contributed by atoms with E-state index in [1.165, 1.54) is 7.11 Å². The van der Waals surface area contributed by atoms with Crippen molar-refractivity contribution in [3.05, 3.63) is 29.3 Å². The van der Waals surface area contributed by atoms with Crippen LogP contribution in [-0.4, -0.2) is 69.8 Å². The third-order valence-electron chi connectivity index (χ3n) is 8.70. The van der Waals surface area contributed by atoms with Crippen LogP contribution in [-0.2, 0) is 35.1 Å². The average molecular weight is 564 g/mol. The number of esters is 1. The number of rotatable bonds is 9. The Morgan fingerprint density at radius 3 is 2.49 bits per heavy atom. The number of methoxy groups -OCH3 is 1. The van der Waals surface area contributed by atoms with Crippen LogP contribution in [0.4, 0.5) is 0 Å². The first-order chi connectivity index (χ1) is 17.9. The molecule has 39 heavy (non-hydrogen) atoms. The third-order valence-corrected chi connectivity index (χ3v) is 9.65. The highest BCUT2D eigenvalue weighted by molar-refractivity contribution is 7.90. The van der Waals surface area contributed by atoms with Gasteiger partial charge in [0.25, 0.3) is 0 Å². The Kier molecular flexibility index (Phi) is 7.95. The molecule has 9 nitrogen and oxygen atoms in total. The molecular formula is C28H42BNO8S. The lowest BCUT2D eigenvalue weighted by Gasteiger charge is -2.64. The minimum absolute atomic E-state index is 0.0929. The van der Waals surface area contributed by atoms with Crippen LogP contribution >= 0.6 is 0 Å². The van der Waals surface area contributed by atoms with E-state index in [0.717, 1.165) is 19.1 Å². The lowest BCUT2D eigenvalue weighted by atomic mass is 9.43. The van der Waals surface area contributed by atoms with E-state index in [9.17, 15) is 18.0 Å². The van der Waals surface area contributed by atoms with Crippen molar-refractivity contribution in [2.75, 3.05) is 19.1 Å². The summed E-state index contributed by atoms with van der Waals surface area (Å²) in [6.07, 6.45) is 3.07. The molecule has 0 aromatic heterocycles. The molecule has 11 heteroatoms. The van der Waals surface area contributed by atoms with Gasteiger partial charge in [0.15, 0.2) is 0 Å². The van der Waals surface area contributed by atoms with Crippen molar-refractivity contribution < 1.29 is 36.8 Å². The Morgan fingerprint density at radius 1 is 1.21 bits per heavy atom. The van der Waals surface area contributed by atoms with E-state index in [1.54, 1.807) is 32.9 Å². The van der Waals surface area contributed by atoms with E-state index in [1.807, 2.05) is 6.07 Å². The lowest BCUT2D eigenvalue weighted by molar-refractivity contribution is -0.199. The van der Waals surface area contributed by atoms with Crippen LogP contribution in [0.2, 0.25) is 0 Å². The number of carbonyl (C=O) groups excluding carboxylic acids is 2. The van der Waals surface area contributed by atoms with Crippen molar-refractivity contribution in [2.24, 2.45) is 17.3 Å². The first-order valence-corrected chi connectivity index (χ1v) is 15.7. The van der Waals surface area contributed by atoms with Gasteiger partial charge in [0.05, 0.1) is 30.5 Å². The maximum Gasteiger partial charge on any atom is 0.482 e. The van der Waals surface area contributed by atoms with Crippen molar-refractivity contribution in [2.45, 2.75) is 90.5 Å². The summed E-state index contributed by atoms with van der Waals surface area (Å²) < 4.78 is 47.7. The highest BCUT2D eigenvalue weighted by atomic mass is 32.2. The summed E-state index contributed by atoms with van der Waals surface area (Å²) in [6, 6.07) is 5.21. The van der Waals surface area contributed by atoms with Crippen molar-refractivity contribution in [3.63, 3.8) is 0 Å². The highest BCUT2D eigenvalue weighted by Crippen LogP contribution is 2.65. The molecule has 0 radical (unpaired) electrons. The zero-order valence-electron chi connectivity index (χ0n) is 24.3. The molecule has 3 saturated carbocycles. The summed E-state index contributed by atoms with van der Waals surface area (Å²) in [6.45, 7) is 12.0. The fraction of sp³-hybridized carbons (Fsp3) is 0.714. The van der Waals surface area contributed by atoms with Gasteiger partial charge in [-0.1, -0.05) is 26.0 Å². The van der Waals surface area contributed by atoms with Gasteiger partial charge in [-0.15, -0.1) is 0 Å². The molecule has 1 saturated heterocycles. The third kappa shape index (κ3) is 6.15. The largest absolute Gasteiger partial charge is 0.496 e. The van der Waals surface area contributed by atoms with Gasteiger partial charge >= 0.3 is 13.1 Å². The van der Waals surface area contributed by atoms with Crippen LogP contribution in [0.25, 0.3) is 0 Å². The van der Waals surface area contributed by atoms with Crippen molar-refractivity contribution in [1.82, 2.24) is 5.32 Å². The van der Waals surface area contributed by atoms with Gasteiger partial charge in [-0.2, -0.15) is 0 Å². The zero-order chi connectivity index (χ0) is 29.0. The van der Waals surface area contributed by atoms with Gasteiger partial charge in [-0.25, -0.2) is 13.2 Å². The van der Waals surface area contributed by atoms with E-state index in [4.69, 9.17) is 18.8 Å². The second kappa shape index (κ2) is 10.4. The Labute approximate surface area is 232 Å². The Bertz CT molecular complexity index is 1230. The molecule has 1 N–H and O–H groups in total. The number of carbonyl (C=O) groups is 2. The summed E-state index contributed by atoms with van der Waals surface area (Å²) in [5.74, 6) is -0.557. The SMILES string of the molecule is COc1c(CC(NC(=O)CCS(C)(=O)=O)B2OC3CC4CC(C4(C)C)C3(C)O2)cccc1C(=O)OC(C)(C)C. The molecule has 5 rings (SSSR count). The molecule has 0 spiro atoms. The maximum absolute atomic E-state index is 12.9. The number of para-hydroxylation sites is 1. The second-order valence-corrected chi connectivity index (χ2v) is 15.4. The number of benzene rings is 1. The van der Waals surface area contributed by atoms with E-state index in [2.05, 4.69) is 26.1 Å². The molecule has 216 valence electrons. The Balaban J connectivity index is 1.61. The first-order valence-electron chi connectivity index (χ1n) is 13.6. The smallest absolute Gasteiger partial charge is 0.482 e. The van der Waals surface area contributed by atoms with Gasteiger partial charge in [0, 0.05) is 12.7 Å². The first kappa shape index (κ1) is 29.9. The number of hydrogen-bond acceptors (Lipinski definition) is 8. The molecule has 5 unspecified atom stereocenters. The van der Waals surface area contributed by atoms with Crippen LogP contribution in [0.5, 0.6) is 5.75 Å². The minimum atomic E-state index is -3.31. The zero-order valence-corrected chi connectivity index (χ0v) is 25.1. The number of nitrogens with one attached hydrogen (secondary N) is 1. The van der Waals surface area contributed by atoms with Crippen LogP contribution in [0.3, 0.4) is 0 Å². The normalized spacial score (nSPS) is 28.2. The number of hydrogen-bond donors (Lipinski definition) is 1. The summed E-state index contributed by atoms with van der Waals surface area (Å²) >= 11 is 0. The number of amides is 1. The quantitative estimate of drug-likeness (QED) is 0.359. The summed E-state index contributed by atoms with van der Waals surface area (Å²) in [5, 5.41) is 2.97. The predicted octanol–water partition coefficient (Wildman–Crippen LogP) is 3.38. The van der Waals surface area contributed by atoms with Crippen molar-refractivity contribution >= 4 is 28.8 Å². The van der Waals surface area contributed by atoms with E-state index in [0.29, 0.717) is 23.1 Å². The molecule has 5 atom stereocenters. The van der Waals surface area contributed by atoms with Gasteiger partial charge in [0.2, 0.25) is 5.91 Å². The summed E-state index contributed by atoms with van der Waals surface area (Å²) in [7, 11) is -2.57. The molecule has 3 aliphatic carbocycles. The lowest BCUT2D eigenvalue weighted by Crippen LogP contribution is -2.65. The van der Waals surface area contributed by atoms with E-state index < -0.39 is 46.0 Å². The minimum Gasteiger partial charge on any atom is -0.496 e. The molecule has 1 aliphatic heterocycles. The van der Waals surface area contributed by atoms with Crippen molar-refractivity contribution in [1.29, 1.82) is 0 Å². The molecule has 1 aromatic carbocycles. The molecule has 1 heterocycles. The molecule has 2 bridgehead atoms.